The Morgan fingerprint density at radius 3 is 2.65 bits per heavy atom. The Morgan fingerprint density at radius 1 is 1.19 bits per heavy atom. The Kier molecular flexibility index (Phi) is 6.26. The Balaban J connectivity index is 1.82. The van der Waals surface area contributed by atoms with E-state index < -0.39 is 0 Å². The lowest BCUT2D eigenvalue weighted by atomic mass is 10.1. The maximum absolute atomic E-state index is 12.3. The van der Waals surface area contributed by atoms with E-state index in [0.717, 1.165) is 32.7 Å². The molecule has 26 heavy (non-hydrogen) atoms. The third-order valence-corrected chi connectivity index (χ3v) is 5.64. The highest BCUT2D eigenvalue weighted by Gasteiger charge is 2.20. The van der Waals surface area contributed by atoms with E-state index >= 15 is 0 Å². The molecule has 0 saturated carbocycles. The fourth-order valence-electron chi connectivity index (χ4n) is 2.61. The summed E-state index contributed by atoms with van der Waals surface area (Å²) in [5.41, 5.74) is 2.82. The number of amides is 1. The third-order valence-electron chi connectivity index (χ3n) is 3.87. The fourth-order valence-corrected chi connectivity index (χ4v) is 4.02. The van der Waals surface area contributed by atoms with Crippen LogP contribution in [0.1, 0.15) is 25.1 Å². The van der Waals surface area contributed by atoms with Crippen molar-refractivity contribution in [2.75, 3.05) is 4.90 Å². The predicted molar refractivity (Wildman–Crippen MR) is 114 cm³/mol. The van der Waals surface area contributed by atoms with E-state index in [2.05, 4.69) is 34.5 Å². The largest absolute Gasteiger partial charge is 0.486 e. The first-order valence-electron chi connectivity index (χ1n) is 8.30. The SMILES string of the molecule is CCc1ccccc1N(C(C)=O)c1nc(COc2ccccc2I)cs1. The molecule has 0 spiro atoms. The summed E-state index contributed by atoms with van der Waals surface area (Å²) in [4.78, 5) is 18.6. The summed E-state index contributed by atoms with van der Waals surface area (Å²) >= 11 is 3.70. The molecule has 0 radical (unpaired) electrons. The van der Waals surface area contributed by atoms with Crippen LogP contribution in [0.25, 0.3) is 0 Å². The van der Waals surface area contributed by atoms with Crippen LogP contribution in [-0.2, 0) is 17.8 Å². The van der Waals surface area contributed by atoms with Gasteiger partial charge in [0.05, 0.1) is 15.0 Å². The normalized spacial score (nSPS) is 10.6. The number of carbonyl (C=O) groups is 1. The van der Waals surface area contributed by atoms with Crippen LogP contribution in [0.2, 0.25) is 0 Å². The molecule has 2 aromatic carbocycles. The van der Waals surface area contributed by atoms with Gasteiger partial charge >= 0.3 is 0 Å². The highest BCUT2D eigenvalue weighted by atomic mass is 127. The topological polar surface area (TPSA) is 42.4 Å². The lowest BCUT2D eigenvalue weighted by Gasteiger charge is -2.21. The molecule has 0 aliphatic rings. The molecule has 134 valence electrons. The van der Waals surface area contributed by atoms with Gasteiger partial charge in [0.2, 0.25) is 5.91 Å². The van der Waals surface area contributed by atoms with Crippen LogP contribution in [0, 0.1) is 3.57 Å². The van der Waals surface area contributed by atoms with E-state index in [1.54, 1.807) is 11.8 Å². The molecule has 0 saturated heterocycles. The monoisotopic (exact) mass is 478 g/mol. The Morgan fingerprint density at radius 2 is 1.92 bits per heavy atom. The van der Waals surface area contributed by atoms with Crippen molar-refractivity contribution >= 4 is 50.7 Å². The molecule has 6 heteroatoms. The first kappa shape index (κ1) is 18.8. The molecule has 0 atom stereocenters. The molecule has 1 aromatic heterocycles. The zero-order chi connectivity index (χ0) is 18.5. The molecule has 0 aliphatic heterocycles. The highest BCUT2D eigenvalue weighted by Crippen LogP contribution is 2.32. The first-order valence-corrected chi connectivity index (χ1v) is 10.3. The van der Waals surface area contributed by atoms with Crippen molar-refractivity contribution in [1.82, 2.24) is 4.98 Å². The van der Waals surface area contributed by atoms with Gasteiger partial charge in [0.15, 0.2) is 5.13 Å². The van der Waals surface area contributed by atoms with Crippen molar-refractivity contribution in [1.29, 1.82) is 0 Å². The quantitative estimate of drug-likeness (QED) is 0.435. The molecule has 3 rings (SSSR count). The number of para-hydroxylation sites is 2. The number of ether oxygens (including phenoxy) is 1. The number of halogens is 1. The molecule has 0 aliphatic carbocycles. The molecule has 0 fully saturated rings. The fraction of sp³-hybridized carbons (Fsp3) is 0.200. The minimum absolute atomic E-state index is 0.0506. The van der Waals surface area contributed by atoms with Crippen LogP contribution >= 0.6 is 33.9 Å². The number of rotatable bonds is 6. The van der Waals surface area contributed by atoms with Gasteiger partial charge in [0.25, 0.3) is 0 Å². The molecule has 1 amide bonds. The van der Waals surface area contributed by atoms with Gasteiger partial charge in [-0.15, -0.1) is 11.3 Å². The minimum atomic E-state index is -0.0506. The summed E-state index contributed by atoms with van der Waals surface area (Å²) in [6.07, 6.45) is 0.855. The average Bonchev–Trinajstić information content (AvgIpc) is 3.10. The molecular formula is C20H19IN2O2S. The van der Waals surface area contributed by atoms with Crippen LogP contribution in [0.4, 0.5) is 10.8 Å². The number of hydrogen-bond donors (Lipinski definition) is 0. The van der Waals surface area contributed by atoms with E-state index in [-0.39, 0.29) is 5.91 Å². The molecule has 0 N–H and O–H groups in total. The van der Waals surface area contributed by atoms with Gasteiger partial charge in [0.1, 0.15) is 12.4 Å². The summed E-state index contributed by atoms with van der Waals surface area (Å²) in [6.45, 7) is 4.02. The van der Waals surface area contributed by atoms with Gasteiger partial charge in [-0.25, -0.2) is 4.98 Å². The Labute approximate surface area is 171 Å². The Bertz CT molecular complexity index is 910. The number of aromatic nitrogens is 1. The lowest BCUT2D eigenvalue weighted by molar-refractivity contribution is -0.115. The summed E-state index contributed by atoms with van der Waals surface area (Å²) in [5, 5.41) is 2.61. The number of carbonyl (C=O) groups excluding carboxylic acids is 1. The van der Waals surface area contributed by atoms with Crippen LogP contribution < -0.4 is 9.64 Å². The smallest absolute Gasteiger partial charge is 0.230 e. The van der Waals surface area contributed by atoms with Crippen LogP contribution in [-0.4, -0.2) is 10.9 Å². The van der Waals surface area contributed by atoms with E-state index in [9.17, 15) is 4.79 Å². The summed E-state index contributed by atoms with van der Waals surface area (Å²) in [5.74, 6) is 0.785. The number of thiazole rings is 1. The van der Waals surface area contributed by atoms with Gasteiger partial charge in [-0.3, -0.25) is 9.69 Å². The van der Waals surface area contributed by atoms with Crippen LogP contribution in [0.3, 0.4) is 0 Å². The van der Waals surface area contributed by atoms with E-state index in [4.69, 9.17) is 4.74 Å². The van der Waals surface area contributed by atoms with Gasteiger partial charge in [-0.1, -0.05) is 37.3 Å². The zero-order valence-corrected chi connectivity index (χ0v) is 17.6. The van der Waals surface area contributed by atoms with Crippen LogP contribution in [0.15, 0.2) is 53.9 Å². The molecular weight excluding hydrogens is 459 g/mol. The summed E-state index contributed by atoms with van der Waals surface area (Å²) in [6, 6.07) is 15.8. The number of benzene rings is 2. The molecule has 0 bridgehead atoms. The molecule has 3 aromatic rings. The zero-order valence-electron chi connectivity index (χ0n) is 14.6. The van der Waals surface area contributed by atoms with Gasteiger partial charge in [-0.05, 0) is 52.8 Å². The number of anilines is 2. The molecule has 0 unspecified atom stereocenters. The van der Waals surface area contributed by atoms with Crippen molar-refractivity contribution in [2.45, 2.75) is 26.9 Å². The lowest BCUT2D eigenvalue weighted by Crippen LogP contribution is -2.23. The second-order valence-electron chi connectivity index (χ2n) is 5.68. The Hall–Kier alpha value is -1.93. The maximum atomic E-state index is 12.3. The van der Waals surface area contributed by atoms with E-state index in [0.29, 0.717) is 11.7 Å². The van der Waals surface area contributed by atoms with Crippen molar-refractivity contribution in [3.63, 3.8) is 0 Å². The average molecular weight is 478 g/mol. The van der Waals surface area contributed by atoms with Crippen molar-refractivity contribution in [2.24, 2.45) is 0 Å². The second-order valence-corrected chi connectivity index (χ2v) is 7.68. The number of nitrogens with zero attached hydrogens (tertiary/aromatic N) is 2. The minimum Gasteiger partial charge on any atom is -0.486 e. The first-order chi connectivity index (χ1) is 12.6. The predicted octanol–water partition coefficient (Wildman–Crippen LogP) is 5.57. The van der Waals surface area contributed by atoms with Crippen molar-refractivity contribution in [3.8, 4) is 5.75 Å². The summed E-state index contributed by atoms with van der Waals surface area (Å²) in [7, 11) is 0. The molecule has 4 nitrogen and oxygen atoms in total. The standard InChI is InChI=1S/C20H19IN2O2S/c1-3-15-8-4-6-10-18(15)23(14(2)24)20-22-16(13-26-20)12-25-19-11-7-5-9-17(19)21/h4-11,13H,3,12H2,1-2H3. The third kappa shape index (κ3) is 4.24. The van der Waals surface area contributed by atoms with E-state index in [1.807, 2.05) is 53.9 Å². The summed E-state index contributed by atoms with van der Waals surface area (Å²) < 4.78 is 6.92. The van der Waals surface area contributed by atoms with E-state index in [1.165, 1.54) is 11.3 Å². The van der Waals surface area contributed by atoms with Crippen molar-refractivity contribution < 1.29 is 9.53 Å². The second kappa shape index (κ2) is 8.64. The van der Waals surface area contributed by atoms with Gasteiger partial charge < -0.3 is 4.74 Å². The maximum Gasteiger partial charge on any atom is 0.230 e. The van der Waals surface area contributed by atoms with Gasteiger partial charge in [0, 0.05) is 12.3 Å². The highest BCUT2D eigenvalue weighted by molar-refractivity contribution is 14.1. The number of aryl methyl sites for hydroxylation is 1. The van der Waals surface area contributed by atoms with Gasteiger partial charge in [-0.2, -0.15) is 0 Å². The molecule has 1 heterocycles. The van der Waals surface area contributed by atoms with Crippen LogP contribution in [0.5, 0.6) is 5.75 Å². The number of hydrogen-bond acceptors (Lipinski definition) is 4. The van der Waals surface area contributed by atoms with Crippen molar-refractivity contribution in [3.05, 3.63) is 68.7 Å².